The van der Waals surface area contributed by atoms with Gasteiger partial charge in [-0.1, -0.05) is 23.7 Å². The molecule has 166 valence electrons. The summed E-state index contributed by atoms with van der Waals surface area (Å²) in [5, 5.41) is 8.09. The predicted molar refractivity (Wildman–Crippen MR) is 126 cm³/mol. The minimum absolute atomic E-state index is 0.00888. The summed E-state index contributed by atoms with van der Waals surface area (Å²) >= 11 is 6.07. The third-order valence-electron chi connectivity index (χ3n) is 5.64. The molecule has 4 rings (SSSR count). The van der Waals surface area contributed by atoms with E-state index in [1.165, 1.54) is 10.7 Å². The van der Waals surface area contributed by atoms with Crippen LogP contribution in [-0.4, -0.2) is 35.9 Å². The van der Waals surface area contributed by atoms with Crippen LogP contribution in [0.1, 0.15) is 18.4 Å². The number of ether oxygens (including phenoxy) is 1. The number of piperidine rings is 1. The molecule has 1 amide bonds. The summed E-state index contributed by atoms with van der Waals surface area (Å²) in [6, 6.07) is 16.0. The topological polar surface area (TPSA) is 76.5 Å². The first-order valence-electron chi connectivity index (χ1n) is 10.5. The van der Waals surface area contributed by atoms with Crippen molar-refractivity contribution in [2.45, 2.75) is 19.8 Å². The quantitative estimate of drug-likeness (QED) is 0.631. The number of nitrogens with zero attached hydrogens (tertiary/aromatic N) is 3. The predicted octanol–water partition coefficient (Wildman–Crippen LogP) is 4.06. The Kier molecular flexibility index (Phi) is 6.46. The number of amides is 1. The van der Waals surface area contributed by atoms with Crippen LogP contribution in [0.15, 0.2) is 59.4 Å². The van der Waals surface area contributed by atoms with Crippen molar-refractivity contribution in [3.8, 4) is 11.4 Å². The van der Waals surface area contributed by atoms with E-state index in [0.29, 0.717) is 53.9 Å². The molecule has 1 fully saturated rings. The lowest BCUT2D eigenvalue weighted by molar-refractivity contribution is -0.120. The number of hydrogen-bond donors (Lipinski definition) is 1. The molecule has 2 aromatic carbocycles. The largest absolute Gasteiger partial charge is 0.495 e. The molecule has 1 aliphatic rings. The van der Waals surface area contributed by atoms with Gasteiger partial charge in [0.2, 0.25) is 5.91 Å². The molecule has 1 N–H and O–H groups in total. The van der Waals surface area contributed by atoms with Crippen LogP contribution in [-0.2, 0) is 4.79 Å². The van der Waals surface area contributed by atoms with Crippen molar-refractivity contribution in [3.63, 3.8) is 0 Å². The smallest absolute Gasteiger partial charge is 0.271 e. The zero-order valence-electron chi connectivity index (χ0n) is 18.0. The molecular formula is C24H25ClN4O3. The number of aromatic nitrogens is 2. The lowest BCUT2D eigenvalue weighted by Gasteiger charge is -2.32. The first kappa shape index (κ1) is 21.9. The van der Waals surface area contributed by atoms with Gasteiger partial charge in [0, 0.05) is 30.1 Å². The fourth-order valence-electron chi connectivity index (χ4n) is 3.89. The highest BCUT2D eigenvalue weighted by Crippen LogP contribution is 2.28. The number of rotatable bonds is 5. The van der Waals surface area contributed by atoms with Gasteiger partial charge in [0.15, 0.2) is 0 Å². The number of hydrogen-bond acceptors (Lipinski definition) is 5. The molecular weight excluding hydrogens is 428 g/mol. The van der Waals surface area contributed by atoms with Crippen LogP contribution in [0.2, 0.25) is 5.02 Å². The van der Waals surface area contributed by atoms with Gasteiger partial charge in [-0.05, 0) is 61.7 Å². The van der Waals surface area contributed by atoms with Crippen LogP contribution < -0.4 is 20.5 Å². The molecule has 0 radical (unpaired) electrons. The van der Waals surface area contributed by atoms with Gasteiger partial charge in [0.05, 0.1) is 18.5 Å². The molecule has 0 spiro atoms. The minimum Gasteiger partial charge on any atom is -0.495 e. The number of halogens is 1. The summed E-state index contributed by atoms with van der Waals surface area (Å²) in [7, 11) is 1.59. The normalized spacial score (nSPS) is 14.3. The zero-order chi connectivity index (χ0) is 22.7. The van der Waals surface area contributed by atoms with Crippen LogP contribution in [0.5, 0.6) is 5.75 Å². The SMILES string of the molecule is COc1ccc(C)cc1NC(=O)C1CCN(c2ccc(=O)n(-c3cccc(Cl)c3)n2)CC1. The third-order valence-corrected chi connectivity index (χ3v) is 5.88. The fraction of sp³-hybridized carbons (Fsp3) is 0.292. The van der Waals surface area contributed by atoms with Gasteiger partial charge in [-0.2, -0.15) is 4.68 Å². The molecule has 0 bridgehead atoms. The maximum absolute atomic E-state index is 12.8. The van der Waals surface area contributed by atoms with Crippen LogP contribution >= 0.6 is 11.6 Å². The Morgan fingerprint density at radius 1 is 1.12 bits per heavy atom. The minimum atomic E-state index is -0.225. The van der Waals surface area contributed by atoms with E-state index >= 15 is 0 Å². The Bertz CT molecular complexity index is 1190. The molecule has 0 unspecified atom stereocenters. The molecule has 3 aromatic rings. The highest BCUT2D eigenvalue weighted by Gasteiger charge is 2.26. The highest BCUT2D eigenvalue weighted by atomic mass is 35.5. The van der Waals surface area contributed by atoms with Crippen LogP contribution in [0.4, 0.5) is 11.5 Å². The number of nitrogens with one attached hydrogen (secondary N) is 1. The van der Waals surface area contributed by atoms with E-state index in [9.17, 15) is 9.59 Å². The molecule has 8 heteroatoms. The van der Waals surface area contributed by atoms with E-state index in [0.717, 1.165) is 5.56 Å². The second-order valence-corrected chi connectivity index (χ2v) is 8.31. The highest BCUT2D eigenvalue weighted by molar-refractivity contribution is 6.30. The van der Waals surface area contributed by atoms with Crippen molar-refractivity contribution in [3.05, 3.63) is 75.5 Å². The number of methoxy groups -OCH3 is 1. The Balaban J connectivity index is 1.44. The van der Waals surface area contributed by atoms with Gasteiger partial charge in [0.1, 0.15) is 11.6 Å². The molecule has 1 aliphatic heterocycles. The summed E-state index contributed by atoms with van der Waals surface area (Å²) < 4.78 is 6.71. The number of benzene rings is 2. The summed E-state index contributed by atoms with van der Waals surface area (Å²) in [4.78, 5) is 27.3. The van der Waals surface area contributed by atoms with Gasteiger partial charge in [-0.3, -0.25) is 9.59 Å². The number of anilines is 2. The van der Waals surface area contributed by atoms with Crippen molar-refractivity contribution in [1.29, 1.82) is 0 Å². The molecule has 0 saturated carbocycles. The van der Waals surface area contributed by atoms with Gasteiger partial charge in [-0.25, -0.2) is 0 Å². The van der Waals surface area contributed by atoms with E-state index in [2.05, 4.69) is 15.3 Å². The fourth-order valence-corrected chi connectivity index (χ4v) is 4.07. The molecule has 32 heavy (non-hydrogen) atoms. The first-order chi connectivity index (χ1) is 15.4. The average Bonchev–Trinajstić information content (AvgIpc) is 2.80. The van der Waals surface area contributed by atoms with Crippen LogP contribution in [0.3, 0.4) is 0 Å². The Labute approximate surface area is 191 Å². The van der Waals surface area contributed by atoms with Crippen molar-refractivity contribution in [1.82, 2.24) is 9.78 Å². The van der Waals surface area contributed by atoms with Crippen molar-refractivity contribution in [2.24, 2.45) is 5.92 Å². The van der Waals surface area contributed by atoms with Crippen molar-refractivity contribution >= 4 is 29.0 Å². The number of carbonyl (C=O) groups is 1. The van der Waals surface area contributed by atoms with E-state index in [1.54, 1.807) is 37.4 Å². The Hall–Kier alpha value is -3.32. The molecule has 2 heterocycles. The second kappa shape index (κ2) is 9.44. The van der Waals surface area contributed by atoms with Crippen molar-refractivity contribution in [2.75, 3.05) is 30.4 Å². The lowest BCUT2D eigenvalue weighted by Crippen LogP contribution is -2.39. The Morgan fingerprint density at radius 3 is 2.62 bits per heavy atom. The van der Waals surface area contributed by atoms with Gasteiger partial charge in [0.25, 0.3) is 5.56 Å². The monoisotopic (exact) mass is 452 g/mol. The van der Waals surface area contributed by atoms with E-state index < -0.39 is 0 Å². The maximum Gasteiger partial charge on any atom is 0.271 e. The van der Waals surface area contributed by atoms with Gasteiger partial charge >= 0.3 is 0 Å². The third kappa shape index (κ3) is 4.78. The summed E-state index contributed by atoms with van der Waals surface area (Å²) in [6.45, 7) is 3.32. The maximum atomic E-state index is 12.8. The van der Waals surface area contributed by atoms with E-state index in [-0.39, 0.29) is 17.4 Å². The van der Waals surface area contributed by atoms with E-state index in [1.807, 2.05) is 25.1 Å². The van der Waals surface area contributed by atoms with Gasteiger partial charge in [-0.15, -0.1) is 5.10 Å². The molecule has 1 aromatic heterocycles. The molecule has 0 atom stereocenters. The second-order valence-electron chi connectivity index (χ2n) is 7.88. The lowest BCUT2D eigenvalue weighted by atomic mass is 9.95. The molecule has 1 saturated heterocycles. The van der Waals surface area contributed by atoms with Crippen LogP contribution in [0.25, 0.3) is 5.69 Å². The van der Waals surface area contributed by atoms with E-state index in [4.69, 9.17) is 16.3 Å². The average molecular weight is 453 g/mol. The Morgan fingerprint density at radius 2 is 1.91 bits per heavy atom. The summed E-state index contributed by atoms with van der Waals surface area (Å²) in [5.41, 5.74) is 2.13. The van der Waals surface area contributed by atoms with Crippen molar-refractivity contribution < 1.29 is 9.53 Å². The first-order valence-corrected chi connectivity index (χ1v) is 10.9. The summed E-state index contributed by atoms with van der Waals surface area (Å²) in [6.07, 6.45) is 1.38. The zero-order valence-corrected chi connectivity index (χ0v) is 18.8. The number of carbonyl (C=O) groups excluding carboxylic acids is 1. The summed E-state index contributed by atoms with van der Waals surface area (Å²) in [5.74, 6) is 1.23. The molecule has 7 nitrogen and oxygen atoms in total. The molecule has 0 aliphatic carbocycles. The standard InChI is InChI=1S/C24H25ClN4O3/c1-16-6-7-21(32-2)20(14-16)26-24(31)17-10-12-28(13-11-17)22-8-9-23(30)29(27-22)19-5-3-4-18(25)15-19/h3-9,14-15,17H,10-13H2,1-2H3,(H,26,31). The van der Waals surface area contributed by atoms with Crippen LogP contribution in [0, 0.1) is 12.8 Å². The number of aryl methyl sites for hydroxylation is 1. The van der Waals surface area contributed by atoms with Gasteiger partial charge < -0.3 is 15.0 Å².